The number of rotatable bonds is 43. The Morgan fingerprint density at radius 3 is 1.03 bits per heavy atom. The predicted octanol–water partition coefficient (Wildman–Crippen LogP) is 15.9. The molecule has 59 heavy (non-hydrogen) atoms. The molecule has 0 N–H and O–H groups in total. The van der Waals surface area contributed by atoms with E-state index in [-0.39, 0.29) is 31.1 Å². The molecule has 338 valence electrons. The summed E-state index contributed by atoms with van der Waals surface area (Å²) in [5, 5.41) is 0. The van der Waals surface area contributed by atoms with Gasteiger partial charge in [-0.25, -0.2) is 0 Å². The first-order valence-electron chi connectivity index (χ1n) is 24.4. The molecule has 0 atom stereocenters. The third-order valence-electron chi connectivity index (χ3n) is 10.2. The minimum Gasteiger partial charge on any atom is -0.462 e. The van der Waals surface area contributed by atoms with Crippen LogP contribution in [0.5, 0.6) is 0 Å². The number of hydrogen-bond acceptors (Lipinski definition) is 6. The smallest absolute Gasteiger partial charge is 0.306 e. The third-order valence-corrected chi connectivity index (χ3v) is 10.2. The summed E-state index contributed by atoms with van der Waals surface area (Å²) in [7, 11) is 0. The Labute approximate surface area is 363 Å². The molecule has 0 aliphatic carbocycles. The lowest BCUT2D eigenvalue weighted by molar-refractivity contribution is -0.167. The van der Waals surface area contributed by atoms with Crippen molar-refractivity contribution in [1.82, 2.24) is 0 Å². The standard InChI is InChI=1S/C53H90O6/c1-4-7-10-13-16-19-22-24-26-28-31-33-36-39-42-45-51(54)57-48-50(59-53(56)47-44-41-38-35-30-21-18-15-12-9-6-3)49-58-52(55)46-43-40-37-34-32-29-27-25-23-20-17-14-11-8-5-2/h7-8,10-11,16-17,19-20,24-27,50H,4-6,9,12-15,18,21-23,28-49H2,1-3H3. The van der Waals surface area contributed by atoms with E-state index in [1.807, 2.05) is 0 Å². The lowest BCUT2D eigenvalue weighted by atomic mass is 10.1. The maximum Gasteiger partial charge on any atom is 0.306 e. The van der Waals surface area contributed by atoms with E-state index < -0.39 is 6.10 Å². The highest BCUT2D eigenvalue weighted by Crippen LogP contribution is 2.14. The van der Waals surface area contributed by atoms with Gasteiger partial charge in [-0.05, 0) is 83.5 Å². The van der Waals surface area contributed by atoms with Crippen LogP contribution in [0, 0.1) is 0 Å². The van der Waals surface area contributed by atoms with Crippen LogP contribution in [0.4, 0.5) is 0 Å². The maximum absolute atomic E-state index is 12.7. The Bertz CT molecular complexity index is 1060. The Balaban J connectivity index is 4.42. The van der Waals surface area contributed by atoms with E-state index in [1.54, 1.807) is 0 Å². The zero-order valence-electron chi connectivity index (χ0n) is 38.5. The average molecular weight is 823 g/mol. The van der Waals surface area contributed by atoms with Crippen LogP contribution in [0.2, 0.25) is 0 Å². The zero-order valence-corrected chi connectivity index (χ0v) is 38.5. The summed E-state index contributed by atoms with van der Waals surface area (Å²) in [6.07, 6.45) is 58.8. The van der Waals surface area contributed by atoms with Crippen molar-refractivity contribution < 1.29 is 28.6 Å². The molecule has 0 unspecified atom stereocenters. The van der Waals surface area contributed by atoms with E-state index in [1.165, 1.54) is 51.4 Å². The fourth-order valence-corrected chi connectivity index (χ4v) is 6.59. The van der Waals surface area contributed by atoms with Gasteiger partial charge in [0, 0.05) is 19.3 Å². The molecule has 0 fully saturated rings. The van der Waals surface area contributed by atoms with Gasteiger partial charge in [0.15, 0.2) is 6.10 Å². The number of hydrogen-bond donors (Lipinski definition) is 0. The van der Waals surface area contributed by atoms with Crippen LogP contribution in [0.3, 0.4) is 0 Å². The van der Waals surface area contributed by atoms with Gasteiger partial charge in [0.05, 0.1) is 0 Å². The highest BCUT2D eigenvalue weighted by atomic mass is 16.6. The van der Waals surface area contributed by atoms with Crippen molar-refractivity contribution in [2.75, 3.05) is 13.2 Å². The van der Waals surface area contributed by atoms with Gasteiger partial charge in [0.2, 0.25) is 0 Å². The molecule has 0 aliphatic rings. The molecule has 0 saturated heterocycles. The van der Waals surface area contributed by atoms with E-state index in [4.69, 9.17) is 14.2 Å². The molecule has 0 radical (unpaired) electrons. The van der Waals surface area contributed by atoms with Crippen LogP contribution in [-0.4, -0.2) is 37.2 Å². The van der Waals surface area contributed by atoms with E-state index >= 15 is 0 Å². The molecule has 0 aromatic carbocycles. The highest BCUT2D eigenvalue weighted by Gasteiger charge is 2.19. The molecule has 0 aliphatic heterocycles. The van der Waals surface area contributed by atoms with Gasteiger partial charge >= 0.3 is 17.9 Å². The number of esters is 3. The molecule has 0 aromatic rings. The number of carbonyl (C=O) groups excluding carboxylic acids is 3. The SMILES string of the molecule is CCC=CCC=CCC=CCCCCCCCC(=O)OCC(COC(=O)CCCCCCCC=CCC=CCC=CCC)OC(=O)CCCCCCCCCCCCC. The van der Waals surface area contributed by atoms with Crippen LogP contribution in [0.15, 0.2) is 72.9 Å². The number of allylic oxidation sites excluding steroid dienone is 12. The summed E-state index contributed by atoms with van der Waals surface area (Å²) in [6, 6.07) is 0. The lowest BCUT2D eigenvalue weighted by Crippen LogP contribution is -2.30. The van der Waals surface area contributed by atoms with Gasteiger partial charge in [-0.2, -0.15) is 0 Å². The van der Waals surface area contributed by atoms with E-state index in [0.29, 0.717) is 19.3 Å². The summed E-state index contributed by atoms with van der Waals surface area (Å²) < 4.78 is 16.7. The molecule has 0 aromatic heterocycles. The van der Waals surface area contributed by atoms with Gasteiger partial charge in [0.1, 0.15) is 13.2 Å². The van der Waals surface area contributed by atoms with E-state index in [0.717, 1.165) is 135 Å². The molecule has 6 heteroatoms. The lowest BCUT2D eigenvalue weighted by Gasteiger charge is -2.18. The quantitative estimate of drug-likeness (QED) is 0.0264. The van der Waals surface area contributed by atoms with Gasteiger partial charge in [-0.15, -0.1) is 0 Å². The van der Waals surface area contributed by atoms with Crippen LogP contribution < -0.4 is 0 Å². The summed E-state index contributed by atoms with van der Waals surface area (Å²) in [4.78, 5) is 37.9. The van der Waals surface area contributed by atoms with Crippen molar-refractivity contribution in [3.63, 3.8) is 0 Å². The van der Waals surface area contributed by atoms with E-state index in [2.05, 4.69) is 93.7 Å². The molecular formula is C53H90O6. The maximum atomic E-state index is 12.7. The second-order valence-corrected chi connectivity index (χ2v) is 16.0. The molecule has 0 amide bonds. The Hall–Kier alpha value is -3.15. The minimum absolute atomic E-state index is 0.0892. The van der Waals surface area contributed by atoms with Crippen molar-refractivity contribution >= 4 is 17.9 Å². The van der Waals surface area contributed by atoms with Gasteiger partial charge in [-0.3, -0.25) is 14.4 Å². The number of ether oxygens (including phenoxy) is 3. The molecule has 0 heterocycles. The first kappa shape index (κ1) is 55.9. The first-order chi connectivity index (χ1) is 29.0. The van der Waals surface area contributed by atoms with Gasteiger partial charge in [-0.1, -0.05) is 196 Å². The molecule has 6 nitrogen and oxygen atoms in total. The molecule has 0 saturated carbocycles. The van der Waals surface area contributed by atoms with Gasteiger partial charge < -0.3 is 14.2 Å². The van der Waals surface area contributed by atoms with Crippen molar-refractivity contribution in [2.24, 2.45) is 0 Å². The second-order valence-electron chi connectivity index (χ2n) is 16.0. The predicted molar refractivity (Wildman–Crippen MR) is 251 cm³/mol. The van der Waals surface area contributed by atoms with Crippen LogP contribution in [-0.2, 0) is 28.6 Å². The van der Waals surface area contributed by atoms with Crippen molar-refractivity contribution in [1.29, 1.82) is 0 Å². The fourth-order valence-electron chi connectivity index (χ4n) is 6.59. The normalized spacial score (nSPS) is 12.7. The molecule has 0 rings (SSSR count). The minimum atomic E-state index is -0.786. The molecule has 0 bridgehead atoms. The topological polar surface area (TPSA) is 78.9 Å². The summed E-state index contributed by atoms with van der Waals surface area (Å²) >= 11 is 0. The Morgan fingerprint density at radius 1 is 0.356 bits per heavy atom. The zero-order chi connectivity index (χ0) is 43.0. The molecule has 0 spiro atoms. The largest absolute Gasteiger partial charge is 0.462 e. The summed E-state index contributed by atoms with van der Waals surface area (Å²) in [5.74, 6) is -0.922. The average Bonchev–Trinajstić information content (AvgIpc) is 3.23. The first-order valence-corrected chi connectivity index (χ1v) is 24.4. The Kier molecular flexibility index (Phi) is 45.0. The summed E-state index contributed by atoms with van der Waals surface area (Å²) in [6.45, 7) is 6.37. The number of carbonyl (C=O) groups is 3. The van der Waals surface area contributed by atoms with Crippen molar-refractivity contribution in [2.45, 2.75) is 232 Å². The fraction of sp³-hybridized carbons (Fsp3) is 0.717. The van der Waals surface area contributed by atoms with Gasteiger partial charge in [0.25, 0.3) is 0 Å². The number of unbranched alkanes of at least 4 members (excludes halogenated alkanes) is 20. The van der Waals surface area contributed by atoms with E-state index in [9.17, 15) is 14.4 Å². The monoisotopic (exact) mass is 823 g/mol. The van der Waals surface area contributed by atoms with Crippen molar-refractivity contribution in [3.05, 3.63) is 72.9 Å². The third kappa shape index (κ3) is 45.8. The van der Waals surface area contributed by atoms with Crippen LogP contribution >= 0.6 is 0 Å². The Morgan fingerprint density at radius 2 is 0.661 bits per heavy atom. The van der Waals surface area contributed by atoms with Crippen LogP contribution in [0.25, 0.3) is 0 Å². The van der Waals surface area contributed by atoms with Crippen LogP contribution in [0.1, 0.15) is 226 Å². The molecular weight excluding hydrogens is 733 g/mol. The highest BCUT2D eigenvalue weighted by molar-refractivity contribution is 5.71. The second kappa shape index (κ2) is 47.5. The summed E-state index contributed by atoms with van der Waals surface area (Å²) in [5.41, 5.74) is 0. The van der Waals surface area contributed by atoms with Crippen molar-refractivity contribution in [3.8, 4) is 0 Å².